The van der Waals surface area contributed by atoms with E-state index in [2.05, 4.69) is 42.5 Å². The maximum Gasteiger partial charge on any atom is 0.270 e. The van der Waals surface area contributed by atoms with Gasteiger partial charge < -0.3 is 21.3 Å². The minimum absolute atomic E-state index is 0.245. The molecule has 6 aromatic rings. The molecular formula is C46H56Br2N10O6S2. The van der Waals surface area contributed by atoms with E-state index in [1.54, 1.807) is 29.5 Å². The second kappa shape index (κ2) is 20.2. The van der Waals surface area contributed by atoms with E-state index in [-0.39, 0.29) is 23.7 Å². The van der Waals surface area contributed by atoms with Crippen LogP contribution in [-0.4, -0.2) is 120 Å². The summed E-state index contributed by atoms with van der Waals surface area (Å²) in [5, 5.41) is 16.3. The van der Waals surface area contributed by atoms with Gasteiger partial charge in [-0.2, -0.15) is 10.2 Å². The van der Waals surface area contributed by atoms with Crippen LogP contribution in [0.2, 0.25) is 0 Å². The van der Waals surface area contributed by atoms with E-state index < -0.39 is 20.0 Å². The van der Waals surface area contributed by atoms with Gasteiger partial charge in [-0.15, -0.1) is 0 Å². The van der Waals surface area contributed by atoms with Gasteiger partial charge in [0.2, 0.25) is 20.0 Å². The van der Waals surface area contributed by atoms with E-state index in [1.807, 2.05) is 85.7 Å². The Morgan fingerprint density at radius 3 is 1.35 bits per heavy atom. The number of rotatable bonds is 17. The SMILES string of the molecule is CNC(=O)c1c2cc(C3CC3)c(N(CCCN(C)C)S(C)(=O)=O)cc2nn1-c1ccc(Br)cc1.CNC(=O)c1c2cc(C3CC3)c(N(CCCN)S(C)(=O)=O)cc2nn1-c1ccc(Br)cc1. The molecule has 352 valence electrons. The third kappa shape index (κ3) is 10.9. The quantitative estimate of drug-likeness (QED) is 0.0866. The number of sulfonamides is 2. The molecule has 16 nitrogen and oxygen atoms in total. The van der Waals surface area contributed by atoms with E-state index in [0.717, 1.165) is 69.1 Å². The minimum atomic E-state index is -3.51. The summed E-state index contributed by atoms with van der Waals surface area (Å²) < 4.78 is 59.0. The number of nitrogens with one attached hydrogen (secondary N) is 2. The summed E-state index contributed by atoms with van der Waals surface area (Å²) in [6.45, 7) is 1.87. The Morgan fingerprint density at radius 2 is 1.03 bits per heavy atom. The molecule has 2 aromatic heterocycles. The molecule has 2 aliphatic carbocycles. The first kappa shape index (κ1) is 49.1. The van der Waals surface area contributed by atoms with Crippen LogP contribution in [-0.2, 0) is 20.0 Å². The number of fused-ring (bicyclic) bond motifs is 2. The standard InChI is InChI=1S/C24H30BrN5O3S.C22H26BrN5O3S/c1-26-24(31)23-20-14-19(16-6-7-16)22(29(34(4,32)33)13-5-12-28(2)3)15-21(20)27-30(23)18-10-8-17(25)9-11-18;1-25-22(29)21-18-12-17(14-4-5-14)20(27(11-3-10-24)32(2,30)31)13-19(18)26-28(21)16-8-6-15(23)7-9-16/h8-11,14-16H,5-7,12-13H2,1-4H3,(H,26,31);6-9,12-14H,3-5,10-11,24H2,1-2H3,(H,25,29). The summed E-state index contributed by atoms with van der Waals surface area (Å²) in [6.07, 6.45) is 7.70. The lowest BCUT2D eigenvalue weighted by atomic mass is 10.0. The van der Waals surface area contributed by atoms with Gasteiger partial charge in [0.1, 0.15) is 11.4 Å². The van der Waals surface area contributed by atoms with Crippen LogP contribution in [0.15, 0.2) is 81.7 Å². The molecule has 20 heteroatoms. The van der Waals surface area contributed by atoms with Crippen molar-refractivity contribution in [3.63, 3.8) is 0 Å². The molecule has 0 bridgehead atoms. The fraction of sp³-hybridized carbons (Fsp3) is 0.391. The summed E-state index contributed by atoms with van der Waals surface area (Å²) >= 11 is 6.88. The highest BCUT2D eigenvalue weighted by Gasteiger charge is 2.34. The average molecular weight is 1070 g/mol. The second-order valence-electron chi connectivity index (χ2n) is 17.0. The molecule has 0 spiro atoms. The number of amides is 2. The number of aromatic nitrogens is 4. The Balaban J connectivity index is 0.000000197. The fourth-order valence-corrected chi connectivity index (χ4v) is 10.5. The normalized spacial score (nSPS) is 14.0. The number of halogens is 2. The molecule has 0 radical (unpaired) electrons. The van der Waals surface area contributed by atoms with Crippen molar-refractivity contribution in [2.24, 2.45) is 5.73 Å². The Hall–Kier alpha value is -4.86. The van der Waals surface area contributed by atoms with Gasteiger partial charge in [0.05, 0.1) is 46.3 Å². The molecule has 2 fully saturated rings. The molecule has 2 saturated carbocycles. The van der Waals surface area contributed by atoms with Gasteiger partial charge in [-0.1, -0.05) is 31.9 Å². The van der Waals surface area contributed by atoms with Gasteiger partial charge in [0.25, 0.3) is 11.8 Å². The lowest BCUT2D eigenvalue weighted by molar-refractivity contribution is 0.0949. The van der Waals surface area contributed by atoms with Gasteiger partial charge in [-0.3, -0.25) is 18.2 Å². The molecular weight excluding hydrogens is 1010 g/mol. The number of nitrogens with zero attached hydrogens (tertiary/aromatic N) is 7. The van der Waals surface area contributed by atoms with Crippen molar-refractivity contribution in [3.8, 4) is 11.4 Å². The Kier molecular flexibility index (Phi) is 15.0. The van der Waals surface area contributed by atoms with Crippen LogP contribution in [0.25, 0.3) is 33.2 Å². The summed E-state index contributed by atoms with van der Waals surface area (Å²) in [4.78, 5) is 27.8. The zero-order valence-corrected chi connectivity index (χ0v) is 42.7. The van der Waals surface area contributed by atoms with Crippen LogP contribution in [0, 0.1) is 0 Å². The van der Waals surface area contributed by atoms with Crippen molar-refractivity contribution in [2.75, 3.05) is 75.5 Å². The number of hydrogen-bond acceptors (Lipinski definition) is 10. The number of nitrogens with two attached hydrogens (primary N) is 1. The summed E-state index contributed by atoms with van der Waals surface area (Å²) in [5.74, 6) is 0.0510. The van der Waals surface area contributed by atoms with Crippen LogP contribution < -0.4 is 25.0 Å². The first-order chi connectivity index (χ1) is 31.3. The molecule has 8 rings (SSSR count). The summed E-state index contributed by atoms with van der Waals surface area (Å²) in [6, 6.07) is 22.6. The lowest BCUT2D eigenvalue weighted by Gasteiger charge is -2.26. The molecule has 4 N–H and O–H groups in total. The molecule has 0 aliphatic heterocycles. The van der Waals surface area contributed by atoms with Crippen LogP contribution in [0.5, 0.6) is 0 Å². The van der Waals surface area contributed by atoms with Gasteiger partial charge >= 0.3 is 0 Å². The minimum Gasteiger partial charge on any atom is -0.354 e. The topological polar surface area (TPSA) is 198 Å². The zero-order valence-electron chi connectivity index (χ0n) is 37.9. The summed E-state index contributed by atoms with van der Waals surface area (Å²) in [7, 11) is 0.121. The number of hydrogen-bond donors (Lipinski definition) is 3. The zero-order chi connectivity index (χ0) is 47.7. The average Bonchev–Trinajstić information content (AvgIpc) is 4.22. The monoisotopic (exact) mass is 1070 g/mol. The van der Waals surface area contributed by atoms with Crippen molar-refractivity contribution in [2.45, 2.75) is 50.4 Å². The summed E-state index contributed by atoms with van der Waals surface area (Å²) in [5.41, 5.74) is 12.3. The van der Waals surface area contributed by atoms with Crippen molar-refractivity contribution in [1.82, 2.24) is 35.1 Å². The van der Waals surface area contributed by atoms with Crippen LogP contribution >= 0.6 is 31.9 Å². The maximum atomic E-state index is 12.9. The lowest BCUT2D eigenvalue weighted by Crippen LogP contribution is -2.33. The second-order valence-corrected chi connectivity index (χ2v) is 22.7. The first-order valence-electron chi connectivity index (χ1n) is 21.7. The highest BCUT2D eigenvalue weighted by Crippen LogP contribution is 2.48. The van der Waals surface area contributed by atoms with E-state index >= 15 is 0 Å². The van der Waals surface area contributed by atoms with E-state index in [0.29, 0.717) is 71.7 Å². The Bertz CT molecular complexity index is 2990. The molecule has 0 saturated heterocycles. The largest absolute Gasteiger partial charge is 0.354 e. The van der Waals surface area contributed by atoms with Crippen LogP contribution in [0.1, 0.15) is 82.5 Å². The van der Waals surface area contributed by atoms with Gasteiger partial charge in [-0.25, -0.2) is 26.2 Å². The number of carbonyl (C=O) groups is 2. The molecule has 2 heterocycles. The highest BCUT2D eigenvalue weighted by molar-refractivity contribution is 9.10. The smallest absolute Gasteiger partial charge is 0.270 e. The molecule has 66 heavy (non-hydrogen) atoms. The molecule has 0 unspecified atom stereocenters. The predicted molar refractivity (Wildman–Crippen MR) is 269 cm³/mol. The van der Waals surface area contributed by atoms with Gasteiger partial charge in [-0.05, 0) is 161 Å². The van der Waals surface area contributed by atoms with Crippen molar-refractivity contribution in [3.05, 3.63) is 104 Å². The number of carbonyl (C=O) groups excluding carboxylic acids is 2. The maximum absolute atomic E-state index is 12.9. The van der Waals surface area contributed by atoms with Crippen molar-refractivity contribution < 1.29 is 26.4 Å². The van der Waals surface area contributed by atoms with Crippen molar-refractivity contribution >= 4 is 96.9 Å². The first-order valence-corrected chi connectivity index (χ1v) is 27.0. The molecule has 4 aromatic carbocycles. The fourth-order valence-electron chi connectivity index (χ4n) is 8.06. The van der Waals surface area contributed by atoms with Gasteiger partial charge in [0, 0.05) is 46.9 Å². The third-order valence-electron chi connectivity index (χ3n) is 11.6. The number of anilines is 2. The highest BCUT2D eigenvalue weighted by atomic mass is 79.9. The van der Waals surface area contributed by atoms with Gasteiger partial charge in [0.15, 0.2) is 0 Å². The third-order valence-corrected chi connectivity index (χ3v) is 15.0. The van der Waals surface area contributed by atoms with Crippen LogP contribution in [0.4, 0.5) is 11.4 Å². The Morgan fingerprint density at radius 1 is 0.652 bits per heavy atom. The molecule has 2 aliphatic rings. The predicted octanol–water partition coefficient (Wildman–Crippen LogP) is 6.88. The van der Waals surface area contributed by atoms with Crippen molar-refractivity contribution in [1.29, 1.82) is 0 Å². The van der Waals surface area contributed by atoms with E-state index in [1.165, 1.54) is 21.1 Å². The van der Waals surface area contributed by atoms with E-state index in [4.69, 9.17) is 15.9 Å². The molecule has 0 atom stereocenters. The van der Waals surface area contributed by atoms with Crippen LogP contribution in [0.3, 0.4) is 0 Å². The van der Waals surface area contributed by atoms with E-state index in [9.17, 15) is 26.4 Å². The molecule has 2 amide bonds. The number of benzene rings is 4. The Labute approximate surface area is 403 Å².